The van der Waals surface area contributed by atoms with Crippen molar-refractivity contribution < 1.29 is 9.59 Å². The number of aromatic nitrogens is 1. The third-order valence-corrected chi connectivity index (χ3v) is 11.4. The van der Waals surface area contributed by atoms with Crippen molar-refractivity contribution >= 4 is 51.9 Å². The Hall–Kier alpha value is -2.16. The Morgan fingerprint density at radius 2 is 1.75 bits per heavy atom. The Morgan fingerprint density at radius 1 is 1.00 bits per heavy atom. The van der Waals surface area contributed by atoms with Gasteiger partial charge in [0.15, 0.2) is 0 Å². The molecule has 2 bridgehead atoms. The van der Waals surface area contributed by atoms with Gasteiger partial charge in [-0.25, -0.2) is 0 Å². The summed E-state index contributed by atoms with van der Waals surface area (Å²) in [6.07, 6.45) is 0.929. The fourth-order valence-electron chi connectivity index (χ4n) is 6.75. The number of nitrogens with zero attached hydrogens (tertiary/aromatic N) is 1. The first kappa shape index (κ1) is 19.3. The van der Waals surface area contributed by atoms with Crippen LogP contribution in [0.5, 0.6) is 0 Å². The maximum atomic E-state index is 13.6. The van der Waals surface area contributed by atoms with Gasteiger partial charge in [-0.3, -0.25) is 19.3 Å². The number of aromatic amines is 1. The molecular formula is C24H20N2O3S3. The Kier molecular flexibility index (Phi) is 4.03. The van der Waals surface area contributed by atoms with E-state index in [1.54, 1.807) is 23.1 Å². The summed E-state index contributed by atoms with van der Waals surface area (Å²) in [5, 5.41) is 3.30. The molecule has 1 N–H and O–H groups in total. The summed E-state index contributed by atoms with van der Waals surface area (Å²) >= 11 is 4.77. The topological polar surface area (TPSA) is 70.2 Å². The van der Waals surface area contributed by atoms with Crippen molar-refractivity contribution in [3.05, 3.63) is 66.8 Å². The third kappa shape index (κ3) is 2.43. The highest BCUT2D eigenvalue weighted by Crippen LogP contribution is 2.68. The van der Waals surface area contributed by atoms with E-state index in [9.17, 15) is 14.4 Å². The molecule has 2 saturated carbocycles. The lowest BCUT2D eigenvalue weighted by atomic mass is 9.69. The number of anilines is 1. The van der Waals surface area contributed by atoms with E-state index in [4.69, 9.17) is 0 Å². The number of thiophene rings is 1. The predicted molar refractivity (Wildman–Crippen MR) is 126 cm³/mol. The van der Waals surface area contributed by atoms with Crippen molar-refractivity contribution in [2.45, 2.75) is 29.5 Å². The van der Waals surface area contributed by atoms with Gasteiger partial charge in [-0.1, -0.05) is 35.1 Å². The second-order valence-electron chi connectivity index (χ2n) is 9.32. The first-order valence-electron chi connectivity index (χ1n) is 10.9. The van der Waals surface area contributed by atoms with Gasteiger partial charge in [-0.2, -0.15) is 0 Å². The number of hydrogen-bond acceptors (Lipinski definition) is 6. The summed E-state index contributed by atoms with van der Waals surface area (Å²) in [6.45, 7) is 2.00. The van der Waals surface area contributed by atoms with Crippen LogP contribution in [-0.4, -0.2) is 22.0 Å². The zero-order valence-electron chi connectivity index (χ0n) is 17.2. The molecule has 4 heterocycles. The lowest BCUT2D eigenvalue weighted by molar-refractivity contribution is -0.123. The number of aryl methyl sites for hydroxylation is 1. The number of hydrogen-bond donors (Lipinski definition) is 1. The van der Waals surface area contributed by atoms with Crippen LogP contribution in [0.15, 0.2) is 51.6 Å². The molecule has 2 aromatic heterocycles. The second-order valence-corrected chi connectivity index (χ2v) is 12.5. The summed E-state index contributed by atoms with van der Waals surface area (Å²) in [7, 11) is 0. The number of nitrogens with one attached hydrogen (secondary N) is 1. The van der Waals surface area contributed by atoms with Crippen LogP contribution in [0.1, 0.15) is 27.7 Å². The normalized spacial score (nSPS) is 34.7. The van der Waals surface area contributed by atoms with Gasteiger partial charge in [0.1, 0.15) is 0 Å². The molecule has 7 atom stereocenters. The number of imide groups is 1. The molecule has 8 heteroatoms. The minimum atomic E-state index is -0.240. The number of rotatable bonds is 2. The minimum Gasteiger partial charge on any atom is -0.307 e. The zero-order valence-corrected chi connectivity index (χ0v) is 19.6. The summed E-state index contributed by atoms with van der Waals surface area (Å²) < 4.78 is 0. The average molecular weight is 481 g/mol. The number of H-pyrrole nitrogens is 1. The van der Waals surface area contributed by atoms with Gasteiger partial charge in [-0.05, 0) is 54.7 Å². The Morgan fingerprint density at radius 3 is 2.47 bits per heavy atom. The third-order valence-electron chi connectivity index (χ3n) is 7.87. The first-order chi connectivity index (χ1) is 15.5. The number of carbonyl (C=O) groups excluding carboxylic acids is 2. The lowest BCUT2D eigenvalue weighted by Crippen LogP contribution is -2.42. The monoisotopic (exact) mass is 480 g/mol. The lowest BCUT2D eigenvalue weighted by Gasteiger charge is -2.42. The fraction of sp³-hybridized carbons (Fsp3) is 0.375. The molecule has 2 amide bonds. The maximum Gasteiger partial charge on any atom is 0.305 e. The largest absolute Gasteiger partial charge is 0.307 e. The van der Waals surface area contributed by atoms with Gasteiger partial charge in [-0.15, -0.1) is 23.1 Å². The number of amides is 2. The van der Waals surface area contributed by atoms with Crippen molar-refractivity contribution in [1.29, 1.82) is 0 Å². The van der Waals surface area contributed by atoms with E-state index in [2.05, 4.69) is 22.5 Å². The second kappa shape index (κ2) is 6.68. The zero-order chi connectivity index (χ0) is 21.7. The number of thiazole rings is 1. The highest BCUT2D eigenvalue weighted by molar-refractivity contribution is 8.00. The fourth-order valence-corrected chi connectivity index (χ4v) is 10.6. The molecule has 2 aliphatic heterocycles. The van der Waals surface area contributed by atoms with Crippen LogP contribution in [0.4, 0.5) is 5.69 Å². The molecule has 162 valence electrons. The van der Waals surface area contributed by atoms with Crippen LogP contribution in [0.3, 0.4) is 0 Å². The van der Waals surface area contributed by atoms with Crippen LogP contribution < -0.4 is 9.77 Å². The van der Waals surface area contributed by atoms with E-state index >= 15 is 0 Å². The van der Waals surface area contributed by atoms with Crippen LogP contribution in [0.25, 0.3) is 0 Å². The van der Waals surface area contributed by atoms with Gasteiger partial charge in [0.2, 0.25) is 11.8 Å². The molecule has 3 aromatic rings. The first-order valence-corrected chi connectivity index (χ1v) is 13.5. The number of thioether (sulfide) groups is 1. The SMILES string of the molecule is Cc1ccc(N2C(=O)[C@@H]3[C@@H]4C[C@@H]([C@H]5Sc6[nH]c(=O)sc6[C@H](c6cccs6)[C@@H]45)[C@@H]3C2=O)cc1. The standard InChI is InChI=1S/C24H20N2O3S3/c1-10-4-6-11(7-5-10)26-22(27)16-12-9-13(17(16)23(26)28)19-15(12)18(14-3-2-8-30-14)20-21(31-19)25-24(29)32-20/h2-8,12-13,15-19H,9H2,1H3,(H,25,29)/t12-,13-,15-,16-,17+,18-,19-/m1/s1. The molecule has 1 aromatic carbocycles. The van der Waals surface area contributed by atoms with E-state index in [0.717, 1.165) is 21.9 Å². The van der Waals surface area contributed by atoms with Gasteiger partial charge < -0.3 is 4.98 Å². The van der Waals surface area contributed by atoms with Crippen molar-refractivity contribution in [1.82, 2.24) is 4.98 Å². The van der Waals surface area contributed by atoms with Gasteiger partial charge in [0.05, 0.1) is 22.5 Å². The van der Waals surface area contributed by atoms with Crippen LogP contribution in [0.2, 0.25) is 0 Å². The quantitative estimate of drug-likeness (QED) is 0.549. The maximum absolute atomic E-state index is 13.6. The smallest absolute Gasteiger partial charge is 0.305 e. The molecule has 7 rings (SSSR count). The molecule has 1 saturated heterocycles. The molecule has 3 fully saturated rings. The molecule has 0 unspecified atom stereocenters. The highest BCUT2D eigenvalue weighted by atomic mass is 32.2. The van der Waals surface area contributed by atoms with Gasteiger partial charge >= 0.3 is 4.87 Å². The summed E-state index contributed by atoms with van der Waals surface area (Å²) in [6, 6.07) is 11.9. The van der Waals surface area contributed by atoms with Crippen molar-refractivity contribution in [2.24, 2.45) is 29.6 Å². The van der Waals surface area contributed by atoms with Crippen LogP contribution >= 0.6 is 34.4 Å². The van der Waals surface area contributed by atoms with E-state index in [1.807, 2.05) is 31.2 Å². The van der Waals surface area contributed by atoms with Crippen molar-refractivity contribution in [3.63, 3.8) is 0 Å². The van der Waals surface area contributed by atoms with Gasteiger partial charge in [0, 0.05) is 20.9 Å². The minimum absolute atomic E-state index is 0.0192. The molecule has 5 nitrogen and oxygen atoms in total. The van der Waals surface area contributed by atoms with Crippen LogP contribution in [-0.2, 0) is 9.59 Å². The molecule has 0 spiro atoms. The molecular weight excluding hydrogens is 460 g/mol. The average Bonchev–Trinajstić information content (AvgIpc) is 3.57. The van der Waals surface area contributed by atoms with E-state index < -0.39 is 0 Å². The number of carbonyl (C=O) groups is 2. The van der Waals surface area contributed by atoms with E-state index in [-0.39, 0.29) is 57.4 Å². The summed E-state index contributed by atoms with van der Waals surface area (Å²) in [5.41, 5.74) is 1.79. The Balaban J connectivity index is 1.32. The molecule has 2 aliphatic carbocycles. The highest BCUT2D eigenvalue weighted by Gasteiger charge is 2.69. The van der Waals surface area contributed by atoms with E-state index in [0.29, 0.717) is 5.69 Å². The molecule has 0 radical (unpaired) electrons. The predicted octanol–water partition coefficient (Wildman–Crippen LogP) is 4.48. The summed E-state index contributed by atoms with van der Waals surface area (Å²) in [4.78, 5) is 46.3. The van der Waals surface area contributed by atoms with Crippen molar-refractivity contribution in [3.8, 4) is 0 Å². The van der Waals surface area contributed by atoms with Crippen molar-refractivity contribution in [2.75, 3.05) is 4.90 Å². The molecule has 4 aliphatic rings. The number of fused-ring (bicyclic) bond motifs is 9. The molecule has 32 heavy (non-hydrogen) atoms. The summed E-state index contributed by atoms with van der Waals surface area (Å²) in [5.74, 6) is 0.211. The Labute approximate surface area is 196 Å². The number of benzene rings is 1. The Bertz CT molecular complexity index is 1310. The van der Waals surface area contributed by atoms with Gasteiger partial charge in [0.25, 0.3) is 0 Å². The van der Waals surface area contributed by atoms with Crippen LogP contribution in [0, 0.1) is 36.5 Å². The van der Waals surface area contributed by atoms with E-state index in [1.165, 1.54) is 21.1 Å².